The van der Waals surface area contributed by atoms with E-state index in [4.69, 9.17) is 11.6 Å². The Morgan fingerprint density at radius 2 is 1.64 bits per heavy atom. The highest BCUT2D eigenvalue weighted by atomic mass is 35.5. The van der Waals surface area contributed by atoms with Crippen molar-refractivity contribution >= 4 is 23.0 Å². The van der Waals surface area contributed by atoms with E-state index in [0.717, 1.165) is 16.8 Å². The number of hydrogen-bond donors (Lipinski definition) is 2. The molecule has 0 aliphatic carbocycles. The van der Waals surface area contributed by atoms with Crippen LogP contribution in [0, 0.1) is 0 Å². The van der Waals surface area contributed by atoms with Crippen LogP contribution in [0.1, 0.15) is 24.0 Å². The molecule has 1 aromatic heterocycles. The molecule has 3 aromatic rings. The molecule has 25 heavy (non-hydrogen) atoms. The molecule has 0 bridgehead atoms. The van der Waals surface area contributed by atoms with Gasteiger partial charge < -0.3 is 0 Å². The first-order valence-electron chi connectivity index (χ1n) is 7.80. The summed E-state index contributed by atoms with van der Waals surface area (Å²) in [6.07, 6.45) is 1.43. The zero-order valence-electron chi connectivity index (χ0n) is 13.6. The van der Waals surface area contributed by atoms with Crippen LogP contribution in [0.15, 0.2) is 76.8 Å². The van der Waals surface area contributed by atoms with Crippen molar-refractivity contribution < 1.29 is 0 Å². The van der Waals surface area contributed by atoms with Crippen molar-refractivity contribution in [3.63, 3.8) is 0 Å². The molecule has 2 aromatic carbocycles. The summed E-state index contributed by atoms with van der Waals surface area (Å²) in [5, 5.41) is 10.5. The van der Waals surface area contributed by atoms with Crippen LogP contribution in [0.2, 0.25) is 5.02 Å². The van der Waals surface area contributed by atoms with Crippen LogP contribution in [0.4, 0.5) is 5.69 Å². The Labute approximate surface area is 150 Å². The molecule has 0 radical (unpaired) electrons. The van der Waals surface area contributed by atoms with Gasteiger partial charge in [0.1, 0.15) is 10.7 Å². The average Bonchev–Trinajstić information content (AvgIpc) is 2.65. The first-order chi connectivity index (χ1) is 12.2. The number of aromatic amines is 1. The molecule has 0 fully saturated rings. The van der Waals surface area contributed by atoms with Crippen molar-refractivity contribution in [2.45, 2.75) is 12.8 Å². The molecule has 6 heteroatoms. The van der Waals surface area contributed by atoms with Crippen LogP contribution < -0.4 is 11.0 Å². The molecule has 0 unspecified atom stereocenters. The zero-order valence-corrected chi connectivity index (χ0v) is 14.4. The highest BCUT2D eigenvalue weighted by Gasteiger charge is 2.17. The Kier molecular flexibility index (Phi) is 5.26. The molecule has 0 saturated heterocycles. The second kappa shape index (κ2) is 7.77. The lowest BCUT2D eigenvalue weighted by Crippen LogP contribution is -2.14. The van der Waals surface area contributed by atoms with Gasteiger partial charge in [0.05, 0.1) is 6.20 Å². The largest absolute Gasteiger partial charge is 0.285 e. The van der Waals surface area contributed by atoms with E-state index in [2.05, 4.69) is 45.0 Å². The van der Waals surface area contributed by atoms with Gasteiger partial charge in [-0.1, -0.05) is 72.3 Å². The van der Waals surface area contributed by atoms with Crippen LogP contribution >= 0.6 is 11.6 Å². The van der Waals surface area contributed by atoms with Gasteiger partial charge in [0, 0.05) is 11.6 Å². The topological polar surface area (TPSA) is 70.1 Å². The lowest BCUT2D eigenvalue weighted by atomic mass is 9.88. The van der Waals surface area contributed by atoms with E-state index in [0.29, 0.717) is 5.69 Å². The number of aromatic nitrogens is 2. The Morgan fingerprint density at radius 3 is 2.20 bits per heavy atom. The lowest BCUT2D eigenvalue weighted by Gasteiger charge is -2.18. The number of nitrogens with zero attached hydrogens (tertiary/aromatic N) is 2. The third-order valence-corrected chi connectivity index (χ3v) is 4.21. The maximum Gasteiger partial charge on any atom is 0.285 e. The normalized spacial score (nSPS) is 11.6. The fourth-order valence-electron chi connectivity index (χ4n) is 2.64. The fraction of sp³-hybridized carbons (Fsp3) is 0.105. The van der Waals surface area contributed by atoms with Crippen molar-refractivity contribution in [2.75, 3.05) is 5.43 Å². The van der Waals surface area contributed by atoms with E-state index < -0.39 is 5.56 Å². The second-order valence-corrected chi connectivity index (χ2v) is 5.92. The summed E-state index contributed by atoms with van der Waals surface area (Å²) in [6, 6.07) is 20.3. The van der Waals surface area contributed by atoms with Crippen molar-refractivity contribution in [3.8, 4) is 0 Å². The van der Waals surface area contributed by atoms with Crippen molar-refractivity contribution in [1.29, 1.82) is 0 Å². The summed E-state index contributed by atoms with van der Waals surface area (Å²) in [7, 11) is 0. The molecule has 3 rings (SSSR count). The maximum atomic E-state index is 11.5. The molecular weight excluding hydrogens is 336 g/mol. The molecule has 0 aliphatic heterocycles. The van der Waals surface area contributed by atoms with Gasteiger partial charge in [-0.25, -0.2) is 5.10 Å². The van der Waals surface area contributed by atoms with Gasteiger partial charge in [-0.05, 0) is 18.1 Å². The minimum atomic E-state index is -0.456. The maximum absolute atomic E-state index is 11.5. The molecular formula is C19H17ClN4O. The third kappa shape index (κ3) is 3.95. The van der Waals surface area contributed by atoms with Gasteiger partial charge in [0.2, 0.25) is 0 Å². The predicted octanol–water partition coefficient (Wildman–Crippen LogP) is 4.04. The SMILES string of the molecule is C/C(=N/Nc1cn[nH]c(=O)c1Cl)C(c1ccccc1)c1ccccc1. The minimum Gasteiger partial charge on any atom is -0.275 e. The number of anilines is 1. The summed E-state index contributed by atoms with van der Waals surface area (Å²) in [5.41, 5.74) is 5.86. The van der Waals surface area contributed by atoms with E-state index in [1.807, 2.05) is 43.3 Å². The van der Waals surface area contributed by atoms with E-state index in [-0.39, 0.29) is 10.9 Å². The van der Waals surface area contributed by atoms with Crippen LogP contribution in [0.5, 0.6) is 0 Å². The lowest BCUT2D eigenvalue weighted by molar-refractivity contribution is 0.984. The second-order valence-electron chi connectivity index (χ2n) is 5.55. The standard InChI is InChI=1S/C19H17ClN4O/c1-13(22-23-16-12-21-24-19(25)18(16)20)17(14-8-4-2-5-9-14)15-10-6-3-7-11-15/h2-12,17H,1H3,(H2,23,24,25)/b22-13-. The highest BCUT2D eigenvalue weighted by molar-refractivity contribution is 6.32. The van der Waals surface area contributed by atoms with Crippen molar-refractivity contribution in [2.24, 2.45) is 5.10 Å². The van der Waals surface area contributed by atoms with Crippen molar-refractivity contribution in [1.82, 2.24) is 10.2 Å². The molecule has 126 valence electrons. The molecule has 0 atom stereocenters. The molecule has 5 nitrogen and oxygen atoms in total. The first-order valence-corrected chi connectivity index (χ1v) is 8.18. The van der Waals surface area contributed by atoms with E-state index in [1.54, 1.807) is 0 Å². The Hall–Kier alpha value is -2.92. The molecule has 1 heterocycles. The van der Waals surface area contributed by atoms with E-state index in [1.165, 1.54) is 6.20 Å². The molecule has 0 spiro atoms. The minimum absolute atomic E-state index is 0.0105. The monoisotopic (exact) mass is 352 g/mol. The quantitative estimate of drug-likeness (QED) is 0.537. The summed E-state index contributed by atoms with van der Waals surface area (Å²) < 4.78 is 0. The molecule has 2 N–H and O–H groups in total. The summed E-state index contributed by atoms with van der Waals surface area (Å²) in [6.45, 7) is 1.94. The number of benzene rings is 2. The summed E-state index contributed by atoms with van der Waals surface area (Å²) in [5.74, 6) is -0.0105. The molecule has 0 aliphatic rings. The van der Waals surface area contributed by atoms with Gasteiger partial charge in [0.25, 0.3) is 5.56 Å². The third-order valence-electron chi connectivity index (χ3n) is 3.83. The van der Waals surface area contributed by atoms with Gasteiger partial charge in [0.15, 0.2) is 0 Å². The Balaban J connectivity index is 1.96. The number of nitrogens with one attached hydrogen (secondary N) is 2. The fourth-order valence-corrected chi connectivity index (χ4v) is 2.77. The highest BCUT2D eigenvalue weighted by Crippen LogP contribution is 2.26. The number of hydrogen-bond acceptors (Lipinski definition) is 4. The van der Waals surface area contributed by atoms with Crippen LogP contribution in [0.3, 0.4) is 0 Å². The number of rotatable bonds is 5. The number of H-pyrrole nitrogens is 1. The van der Waals surface area contributed by atoms with Gasteiger partial charge in [-0.2, -0.15) is 10.2 Å². The van der Waals surface area contributed by atoms with Gasteiger partial charge in [-0.3, -0.25) is 10.2 Å². The number of halogens is 1. The van der Waals surface area contributed by atoms with E-state index in [9.17, 15) is 4.79 Å². The van der Waals surface area contributed by atoms with Crippen LogP contribution in [-0.4, -0.2) is 15.9 Å². The van der Waals surface area contributed by atoms with Crippen LogP contribution in [0.25, 0.3) is 0 Å². The van der Waals surface area contributed by atoms with Gasteiger partial charge >= 0.3 is 0 Å². The van der Waals surface area contributed by atoms with E-state index >= 15 is 0 Å². The number of hydrazone groups is 1. The van der Waals surface area contributed by atoms with Gasteiger partial charge in [-0.15, -0.1) is 0 Å². The summed E-state index contributed by atoms with van der Waals surface area (Å²) >= 11 is 5.97. The smallest absolute Gasteiger partial charge is 0.275 e. The zero-order chi connectivity index (χ0) is 17.6. The average molecular weight is 353 g/mol. The Bertz CT molecular complexity index is 883. The summed E-state index contributed by atoms with van der Waals surface area (Å²) in [4.78, 5) is 11.5. The molecule has 0 saturated carbocycles. The first kappa shape index (κ1) is 16.9. The molecule has 0 amide bonds. The Morgan fingerprint density at radius 1 is 1.08 bits per heavy atom. The predicted molar refractivity (Wildman–Crippen MR) is 101 cm³/mol. The van der Waals surface area contributed by atoms with Crippen LogP contribution in [-0.2, 0) is 0 Å². The van der Waals surface area contributed by atoms with Crippen molar-refractivity contribution in [3.05, 3.63) is 93.4 Å².